The third-order valence-corrected chi connectivity index (χ3v) is 7.16. The zero-order valence-electron chi connectivity index (χ0n) is 23.9. The van der Waals surface area contributed by atoms with Gasteiger partial charge in [-0.1, -0.05) is 82.1 Å². The highest BCUT2D eigenvalue weighted by Gasteiger charge is 2.29. The zero-order valence-corrected chi connectivity index (χ0v) is 23.9. The molecule has 0 aliphatic heterocycles. The fraction of sp³-hybridized carbons (Fsp3) is 0.152. The molecule has 4 heterocycles. The topological polar surface area (TPSA) is 107 Å². The molecule has 9 heteroatoms. The molecule has 42 heavy (non-hydrogen) atoms. The molecule has 0 amide bonds. The zero-order chi connectivity index (χ0) is 29.0. The number of fused-ring (bicyclic) bond motifs is 2. The monoisotopic (exact) mass is 553 g/mol. The van der Waals surface area contributed by atoms with Crippen LogP contribution >= 0.6 is 0 Å². The molecule has 7 aromatic rings. The molecule has 7 rings (SSSR count). The van der Waals surface area contributed by atoms with Crippen molar-refractivity contribution in [2.45, 2.75) is 34.6 Å². The predicted molar refractivity (Wildman–Crippen MR) is 162 cm³/mol. The minimum Gasteiger partial charge on any atom is -0.350 e. The summed E-state index contributed by atoms with van der Waals surface area (Å²) in [4.78, 5) is 21.2. The molecule has 0 unspecified atom stereocenters. The summed E-state index contributed by atoms with van der Waals surface area (Å²) in [6.07, 6.45) is 0. The van der Waals surface area contributed by atoms with Crippen molar-refractivity contribution in [2.75, 3.05) is 4.90 Å². The van der Waals surface area contributed by atoms with Crippen LogP contribution in [0.5, 0.6) is 0 Å². The van der Waals surface area contributed by atoms with Crippen LogP contribution in [0.1, 0.15) is 28.3 Å². The predicted octanol–water partition coefficient (Wildman–Crippen LogP) is 7.89. The Morgan fingerprint density at radius 3 is 1.45 bits per heavy atom. The number of aromatic nitrogens is 6. The number of benzene rings is 3. The van der Waals surface area contributed by atoms with E-state index in [-0.39, 0.29) is 0 Å². The molecule has 0 N–H and O–H groups in total. The molecule has 9 nitrogen and oxygen atoms in total. The second-order valence-corrected chi connectivity index (χ2v) is 10.5. The molecule has 0 aliphatic rings. The lowest BCUT2D eigenvalue weighted by molar-refractivity contribution is 0.457. The van der Waals surface area contributed by atoms with Crippen molar-refractivity contribution in [2.24, 2.45) is 0 Å². The summed E-state index contributed by atoms with van der Waals surface area (Å²) < 4.78 is 12.0. The summed E-state index contributed by atoms with van der Waals surface area (Å²) in [5.74, 6) is 2.10. The van der Waals surface area contributed by atoms with Crippen molar-refractivity contribution >= 4 is 39.5 Å². The molecule has 0 saturated heterocycles. The Balaban J connectivity index is 1.50. The van der Waals surface area contributed by atoms with Gasteiger partial charge in [-0.2, -0.15) is 0 Å². The molecular formula is C33H27N7O2. The van der Waals surface area contributed by atoms with Gasteiger partial charge in [0.15, 0.2) is 11.6 Å². The number of anilines is 3. The van der Waals surface area contributed by atoms with Crippen LogP contribution in [0.15, 0.2) is 81.8 Å². The van der Waals surface area contributed by atoms with Gasteiger partial charge in [0.1, 0.15) is 34.1 Å². The van der Waals surface area contributed by atoms with Crippen LogP contribution in [0.25, 0.3) is 44.7 Å². The van der Waals surface area contributed by atoms with E-state index in [9.17, 15) is 0 Å². The maximum atomic E-state index is 6.00. The molecule has 4 aromatic heterocycles. The summed E-state index contributed by atoms with van der Waals surface area (Å²) in [5.41, 5.74) is 9.38. The second-order valence-electron chi connectivity index (χ2n) is 10.5. The molecule has 0 spiro atoms. The molecule has 0 aliphatic carbocycles. The molecule has 0 bridgehead atoms. The van der Waals surface area contributed by atoms with Crippen molar-refractivity contribution < 1.29 is 9.05 Å². The number of hydrogen-bond acceptors (Lipinski definition) is 9. The van der Waals surface area contributed by atoms with Crippen molar-refractivity contribution in [1.82, 2.24) is 30.2 Å². The highest BCUT2D eigenvalue weighted by atomic mass is 16.5. The summed E-state index contributed by atoms with van der Waals surface area (Å²) in [6.45, 7) is 9.85. The second kappa shape index (κ2) is 9.88. The fourth-order valence-electron chi connectivity index (χ4n) is 5.07. The van der Waals surface area contributed by atoms with E-state index in [2.05, 4.69) is 16.4 Å². The first kappa shape index (κ1) is 25.5. The van der Waals surface area contributed by atoms with Gasteiger partial charge in [0, 0.05) is 16.8 Å². The van der Waals surface area contributed by atoms with Crippen LogP contribution in [-0.2, 0) is 0 Å². The largest absolute Gasteiger partial charge is 0.350 e. The number of hydrogen-bond donors (Lipinski definition) is 0. The number of nitrogens with zero attached hydrogens (tertiary/aromatic N) is 7. The highest BCUT2D eigenvalue weighted by Crippen LogP contribution is 2.42. The fourth-order valence-corrected chi connectivity index (χ4v) is 5.07. The normalized spacial score (nSPS) is 11.5. The SMILES string of the molecule is Cc1ccc(-c2noc3c(N(c4cccc(C)c4)c4nc(C)nc5c(-c6ccc(C)cc6)noc45)nc(C)nc23)cc1. The van der Waals surface area contributed by atoms with Gasteiger partial charge in [0.25, 0.3) is 0 Å². The Labute approximate surface area is 241 Å². The van der Waals surface area contributed by atoms with Gasteiger partial charge in [-0.3, -0.25) is 4.90 Å². The summed E-state index contributed by atoms with van der Waals surface area (Å²) in [5, 5.41) is 8.88. The molecule has 0 atom stereocenters. The van der Waals surface area contributed by atoms with Crippen LogP contribution < -0.4 is 4.90 Å². The van der Waals surface area contributed by atoms with Crippen LogP contribution in [0.2, 0.25) is 0 Å². The lowest BCUT2D eigenvalue weighted by Crippen LogP contribution is -2.15. The van der Waals surface area contributed by atoms with Crippen LogP contribution in [0.3, 0.4) is 0 Å². The van der Waals surface area contributed by atoms with E-state index >= 15 is 0 Å². The standard InChI is InChI=1S/C33H27N7O2/c1-18-9-13-23(14-10-18)26-28-30(41-38-26)32(36-21(4)34-28)40(25-8-6-7-20(3)17-25)33-31-29(35-22(5)37-33)27(39-42-31)24-15-11-19(2)12-16-24/h6-17H,1-5H3. The van der Waals surface area contributed by atoms with E-state index in [1.165, 1.54) is 0 Å². The Hall–Kier alpha value is -5.44. The minimum absolute atomic E-state index is 0.431. The van der Waals surface area contributed by atoms with Gasteiger partial charge in [0.05, 0.1) is 0 Å². The number of rotatable bonds is 5. The quantitative estimate of drug-likeness (QED) is 0.210. The average molecular weight is 554 g/mol. The van der Waals surface area contributed by atoms with Gasteiger partial charge in [-0.05, 0) is 52.3 Å². The molecule has 0 radical (unpaired) electrons. The van der Waals surface area contributed by atoms with Crippen LogP contribution in [-0.4, -0.2) is 30.2 Å². The Kier molecular flexibility index (Phi) is 6.00. The third kappa shape index (κ3) is 4.35. The molecule has 0 fully saturated rings. The summed E-state index contributed by atoms with van der Waals surface area (Å²) in [7, 11) is 0. The number of aryl methyl sites for hydroxylation is 5. The van der Waals surface area contributed by atoms with Gasteiger partial charge in [-0.15, -0.1) is 0 Å². The average Bonchev–Trinajstić information content (AvgIpc) is 3.59. The lowest BCUT2D eigenvalue weighted by Gasteiger charge is -2.23. The van der Waals surface area contributed by atoms with Crippen molar-refractivity contribution in [1.29, 1.82) is 0 Å². The van der Waals surface area contributed by atoms with Gasteiger partial charge >= 0.3 is 0 Å². The first-order chi connectivity index (χ1) is 20.4. The van der Waals surface area contributed by atoms with Crippen molar-refractivity contribution in [3.05, 3.63) is 101 Å². The molecule has 0 saturated carbocycles. The van der Waals surface area contributed by atoms with Crippen LogP contribution in [0.4, 0.5) is 17.3 Å². The van der Waals surface area contributed by atoms with Gasteiger partial charge < -0.3 is 9.05 Å². The Bertz CT molecular complexity index is 1970. The van der Waals surface area contributed by atoms with E-state index in [4.69, 9.17) is 29.0 Å². The first-order valence-corrected chi connectivity index (χ1v) is 13.6. The van der Waals surface area contributed by atoms with Gasteiger partial charge in [-0.25, -0.2) is 19.9 Å². The molecular weight excluding hydrogens is 526 g/mol. The van der Waals surface area contributed by atoms with E-state index in [0.717, 1.165) is 33.5 Å². The van der Waals surface area contributed by atoms with E-state index in [1.807, 2.05) is 106 Å². The summed E-state index contributed by atoms with van der Waals surface area (Å²) in [6, 6.07) is 24.3. The van der Waals surface area contributed by atoms with Crippen molar-refractivity contribution in [3.63, 3.8) is 0 Å². The first-order valence-electron chi connectivity index (χ1n) is 13.6. The van der Waals surface area contributed by atoms with E-state index in [1.54, 1.807) is 0 Å². The van der Waals surface area contributed by atoms with E-state index in [0.29, 0.717) is 56.9 Å². The Morgan fingerprint density at radius 2 is 1.00 bits per heavy atom. The summed E-state index contributed by atoms with van der Waals surface area (Å²) >= 11 is 0. The van der Waals surface area contributed by atoms with Crippen molar-refractivity contribution in [3.8, 4) is 22.5 Å². The maximum Gasteiger partial charge on any atom is 0.229 e. The third-order valence-electron chi connectivity index (χ3n) is 7.16. The highest BCUT2D eigenvalue weighted by molar-refractivity contribution is 6.01. The smallest absolute Gasteiger partial charge is 0.229 e. The minimum atomic E-state index is 0.431. The molecule has 206 valence electrons. The maximum absolute atomic E-state index is 6.00. The van der Waals surface area contributed by atoms with E-state index < -0.39 is 0 Å². The Morgan fingerprint density at radius 1 is 0.524 bits per heavy atom. The van der Waals surface area contributed by atoms with Gasteiger partial charge in [0.2, 0.25) is 11.2 Å². The molecule has 3 aromatic carbocycles. The lowest BCUT2D eigenvalue weighted by atomic mass is 10.1. The van der Waals surface area contributed by atoms with Crippen LogP contribution in [0, 0.1) is 34.6 Å².